The van der Waals surface area contributed by atoms with Gasteiger partial charge in [-0.25, -0.2) is 23.5 Å². The Bertz CT molecular complexity index is 2550. The van der Waals surface area contributed by atoms with Crippen LogP contribution in [0.15, 0.2) is 91.1 Å². The zero-order chi connectivity index (χ0) is 40.3. The Morgan fingerprint density at radius 3 is 2.24 bits per heavy atom. The van der Waals surface area contributed by atoms with Gasteiger partial charge in [0.2, 0.25) is 11.8 Å². The molecule has 0 bridgehead atoms. The number of carbonyl (C=O) groups excluding carboxylic acids is 3. The first-order valence-electron chi connectivity index (χ1n) is 19.7. The zero-order valence-corrected chi connectivity index (χ0v) is 32.4. The van der Waals surface area contributed by atoms with Gasteiger partial charge in [0, 0.05) is 19.3 Å². The Kier molecular flexibility index (Phi) is 9.33. The summed E-state index contributed by atoms with van der Waals surface area (Å²) < 4.78 is 34.4. The van der Waals surface area contributed by atoms with Crippen molar-refractivity contribution < 1.29 is 27.9 Å². The van der Waals surface area contributed by atoms with Crippen LogP contribution in [0, 0.1) is 5.92 Å². The first-order valence-corrected chi connectivity index (χ1v) is 19.7. The molecule has 3 N–H and O–H groups in total. The largest absolute Gasteiger partial charge is 0.453 e. The van der Waals surface area contributed by atoms with E-state index in [1.165, 1.54) is 18.2 Å². The molecule has 0 aliphatic carbocycles. The second-order valence-electron chi connectivity index (χ2n) is 15.9. The van der Waals surface area contributed by atoms with E-state index in [9.17, 15) is 23.2 Å². The third-order valence-electron chi connectivity index (χ3n) is 11.7. The highest BCUT2D eigenvalue weighted by molar-refractivity contribution is 5.98. The molecule has 11 nitrogen and oxygen atoms in total. The lowest BCUT2D eigenvalue weighted by Gasteiger charge is -2.29. The molecular weight excluding hydrogens is 741 g/mol. The maximum atomic E-state index is 14.9. The first kappa shape index (κ1) is 37.2. The van der Waals surface area contributed by atoms with Crippen molar-refractivity contribution in [2.75, 3.05) is 18.6 Å². The van der Waals surface area contributed by atoms with Crippen molar-refractivity contribution in [3.63, 3.8) is 0 Å². The number of likely N-dealkylation sites (tertiary alicyclic amines) is 1. The lowest BCUT2D eigenvalue weighted by Crippen LogP contribution is -2.51. The molecule has 0 spiro atoms. The fourth-order valence-electron chi connectivity index (χ4n) is 8.73. The van der Waals surface area contributed by atoms with Gasteiger partial charge in [-0.15, -0.1) is 0 Å². The third-order valence-corrected chi connectivity index (χ3v) is 11.7. The topological polar surface area (TPSA) is 136 Å². The summed E-state index contributed by atoms with van der Waals surface area (Å²) in [6.45, 7) is 2.69. The zero-order valence-electron chi connectivity index (χ0n) is 32.4. The number of aryl methyl sites for hydroxylation is 1. The molecule has 4 aromatic carbocycles. The van der Waals surface area contributed by atoms with E-state index < -0.39 is 43.0 Å². The number of nitrogens with zero attached hydrogens (tertiary/aromatic N) is 4. The molecule has 1 saturated heterocycles. The van der Waals surface area contributed by atoms with Crippen LogP contribution in [0.25, 0.3) is 44.5 Å². The van der Waals surface area contributed by atoms with Crippen LogP contribution in [0.2, 0.25) is 0 Å². The van der Waals surface area contributed by atoms with Crippen molar-refractivity contribution in [2.24, 2.45) is 5.92 Å². The van der Waals surface area contributed by atoms with E-state index in [2.05, 4.69) is 79.6 Å². The number of ether oxygens (including phenoxy) is 1. The van der Waals surface area contributed by atoms with Crippen LogP contribution in [0.3, 0.4) is 0 Å². The summed E-state index contributed by atoms with van der Waals surface area (Å²) in [7, 11) is 1.18. The van der Waals surface area contributed by atoms with E-state index in [1.807, 2.05) is 41.4 Å². The molecule has 6 aromatic rings. The fourth-order valence-corrected chi connectivity index (χ4v) is 8.73. The Labute approximate surface area is 333 Å². The number of benzene rings is 4. The summed E-state index contributed by atoms with van der Waals surface area (Å²) in [6, 6.07) is 26.3. The van der Waals surface area contributed by atoms with E-state index in [4.69, 9.17) is 4.98 Å². The first-order chi connectivity index (χ1) is 28.0. The number of carbonyl (C=O) groups is 3. The molecule has 13 heteroatoms. The van der Waals surface area contributed by atoms with Crippen molar-refractivity contribution in [3.05, 3.63) is 114 Å². The number of alkyl carbamates (subject to hydrolysis) is 1. The standard InChI is InChI=1S/C45H43F2N7O4/c1-25(2)39(52-44(57)58-3)43(56)53-24-45(46,47)22-37(53)42-49-33-19-18-31(20-34(33)50-42)28-12-10-26(11-13-28)27-14-16-29(17-15-27)35-23-48-41(51-35)36-21-32-8-4-6-30-7-5-9-38(55)54(36)40(30)32/h4,6,8,10-20,23,25,36-37,39H,5,7,9,21-22,24H2,1-3H3,(H,48,51)(H,49,50)(H,52,57). The number of aromatic nitrogens is 4. The number of amides is 3. The number of imidazole rings is 2. The van der Waals surface area contributed by atoms with Crippen LogP contribution in [-0.4, -0.2) is 68.4 Å². The highest BCUT2D eigenvalue weighted by Crippen LogP contribution is 2.45. The highest BCUT2D eigenvalue weighted by Gasteiger charge is 2.50. The molecule has 1 fully saturated rings. The maximum absolute atomic E-state index is 14.9. The Morgan fingerprint density at radius 1 is 0.862 bits per heavy atom. The molecule has 3 unspecified atom stereocenters. The van der Waals surface area contributed by atoms with Crippen LogP contribution in [0.4, 0.5) is 19.3 Å². The minimum absolute atomic E-state index is 0.147. The van der Waals surface area contributed by atoms with Gasteiger partial charge in [0.25, 0.3) is 5.92 Å². The molecule has 3 amide bonds. The monoisotopic (exact) mass is 783 g/mol. The summed E-state index contributed by atoms with van der Waals surface area (Å²) >= 11 is 0. The lowest BCUT2D eigenvalue weighted by molar-refractivity contribution is -0.136. The van der Waals surface area contributed by atoms with Crippen molar-refractivity contribution in [1.29, 1.82) is 0 Å². The molecule has 9 rings (SSSR count). The average molecular weight is 784 g/mol. The lowest BCUT2D eigenvalue weighted by atomic mass is 9.99. The molecule has 58 heavy (non-hydrogen) atoms. The number of halogens is 2. The molecular formula is C45H43F2N7O4. The number of nitrogens with one attached hydrogen (secondary N) is 3. The molecule has 5 heterocycles. The van der Waals surface area contributed by atoms with Gasteiger partial charge in [0.1, 0.15) is 17.7 Å². The number of rotatable bonds is 8. The SMILES string of the molecule is COC(=O)NC(C(=O)N1CC(F)(F)CC1c1nc2ccc(-c3ccc(-c4ccc(-c5cnc(C6Cc7cccc8c7N6C(=O)CCC8)[nH]5)cc4)cc3)cc2[nH]1)C(C)C. The highest BCUT2D eigenvalue weighted by atomic mass is 19.3. The van der Waals surface area contributed by atoms with Gasteiger partial charge >= 0.3 is 6.09 Å². The van der Waals surface area contributed by atoms with Gasteiger partial charge in [-0.2, -0.15) is 0 Å². The van der Waals surface area contributed by atoms with Crippen LogP contribution in [-0.2, 0) is 27.2 Å². The van der Waals surface area contributed by atoms with E-state index in [1.54, 1.807) is 13.8 Å². The van der Waals surface area contributed by atoms with Crippen LogP contribution < -0.4 is 10.2 Å². The molecule has 296 valence electrons. The predicted octanol–water partition coefficient (Wildman–Crippen LogP) is 8.54. The second kappa shape index (κ2) is 14.5. The van der Waals surface area contributed by atoms with Crippen molar-refractivity contribution >= 4 is 34.6 Å². The molecule has 0 saturated carbocycles. The van der Waals surface area contributed by atoms with E-state index in [-0.39, 0.29) is 23.7 Å². The molecule has 3 atom stereocenters. The number of aromatic amines is 2. The maximum Gasteiger partial charge on any atom is 0.407 e. The van der Waals surface area contributed by atoms with Gasteiger partial charge in [0.05, 0.1) is 54.3 Å². The van der Waals surface area contributed by atoms with Gasteiger partial charge in [-0.1, -0.05) is 86.6 Å². The predicted molar refractivity (Wildman–Crippen MR) is 216 cm³/mol. The quantitative estimate of drug-likeness (QED) is 0.142. The van der Waals surface area contributed by atoms with Gasteiger partial charge in [0.15, 0.2) is 0 Å². The van der Waals surface area contributed by atoms with Crippen molar-refractivity contribution in [3.8, 4) is 33.5 Å². The third kappa shape index (κ3) is 6.77. The van der Waals surface area contributed by atoms with Gasteiger partial charge in [-0.05, 0) is 69.8 Å². The van der Waals surface area contributed by atoms with Crippen molar-refractivity contribution in [2.45, 2.75) is 70.0 Å². The number of H-pyrrole nitrogens is 2. The van der Waals surface area contributed by atoms with Crippen LogP contribution in [0.5, 0.6) is 0 Å². The van der Waals surface area contributed by atoms with Crippen molar-refractivity contribution in [1.82, 2.24) is 30.2 Å². The van der Waals surface area contributed by atoms with E-state index in [0.29, 0.717) is 17.5 Å². The molecule has 2 aromatic heterocycles. The summed E-state index contributed by atoms with van der Waals surface area (Å²) in [4.78, 5) is 57.9. The van der Waals surface area contributed by atoms with Crippen LogP contribution in [0.1, 0.15) is 68.0 Å². The number of alkyl halides is 2. The summed E-state index contributed by atoms with van der Waals surface area (Å²) in [6.07, 6.45) is 3.51. The van der Waals surface area contributed by atoms with E-state index in [0.717, 1.165) is 69.2 Å². The number of hydrogen-bond donors (Lipinski definition) is 3. The Morgan fingerprint density at radius 2 is 1.53 bits per heavy atom. The Balaban J connectivity index is 0.902. The number of hydrogen-bond acceptors (Lipinski definition) is 6. The van der Waals surface area contributed by atoms with Gasteiger partial charge in [-0.3, -0.25) is 9.59 Å². The number of anilines is 1. The second-order valence-corrected chi connectivity index (χ2v) is 15.9. The molecule has 3 aliphatic heterocycles. The minimum Gasteiger partial charge on any atom is -0.453 e. The van der Waals surface area contributed by atoms with Gasteiger partial charge < -0.3 is 29.8 Å². The molecule has 0 radical (unpaired) electrons. The number of para-hydroxylation sites is 1. The molecule has 3 aliphatic rings. The summed E-state index contributed by atoms with van der Waals surface area (Å²) in [5.41, 5.74) is 10.6. The minimum atomic E-state index is -3.12. The Hall–Kier alpha value is -6.37. The van der Waals surface area contributed by atoms with E-state index >= 15 is 0 Å². The summed E-state index contributed by atoms with van der Waals surface area (Å²) in [5.74, 6) is -2.89. The summed E-state index contributed by atoms with van der Waals surface area (Å²) in [5, 5.41) is 2.50. The normalized spacial score (nSPS) is 19.0. The fraction of sp³-hybridized carbons (Fsp3) is 0.311. The number of methoxy groups -OCH3 is 1. The average Bonchev–Trinajstić information content (AvgIpc) is 4.01. The number of fused-ring (bicyclic) bond motifs is 1. The van der Waals surface area contributed by atoms with Crippen LogP contribution >= 0.6 is 0 Å². The smallest absolute Gasteiger partial charge is 0.407 e.